The predicted octanol–water partition coefficient (Wildman–Crippen LogP) is 4.47. The van der Waals surface area contributed by atoms with Crippen LogP contribution < -0.4 is 10.1 Å². The molecular formula is C14H11Br2NO2. The van der Waals surface area contributed by atoms with Crippen molar-refractivity contribution in [2.75, 3.05) is 12.4 Å². The van der Waals surface area contributed by atoms with E-state index in [4.69, 9.17) is 4.74 Å². The van der Waals surface area contributed by atoms with Gasteiger partial charge >= 0.3 is 0 Å². The van der Waals surface area contributed by atoms with Crippen LogP contribution in [0.5, 0.6) is 5.75 Å². The standard InChI is InChI=1S/C14H11Br2NO2/c1-19-11-5-6-13(16)12(8-11)14(18)17-10-4-2-3-9(15)7-10/h2-8H,1H3,(H,17,18). The average Bonchev–Trinajstić information content (AvgIpc) is 2.39. The largest absolute Gasteiger partial charge is 0.497 e. The third kappa shape index (κ3) is 3.58. The maximum atomic E-state index is 12.2. The minimum absolute atomic E-state index is 0.191. The smallest absolute Gasteiger partial charge is 0.256 e. The number of ether oxygens (including phenoxy) is 1. The molecule has 0 heterocycles. The van der Waals surface area contributed by atoms with Crippen LogP contribution in [-0.2, 0) is 0 Å². The van der Waals surface area contributed by atoms with E-state index in [0.29, 0.717) is 11.3 Å². The zero-order valence-corrected chi connectivity index (χ0v) is 13.3. The van der Waals surface area contributed by atoms with E-state index in [1.807, 2.05) is 24.3 Å². The van der Waals surface area contributed by atoms with Crippen molar-refractivity contribution in [1.82, 2.24) is 0 Å². The molecule has 0 aliphatic carbocycles. The van der Waals surface area contributed by atoms with Crippen LogP contribution in [0, 0.1) is 0 Å². The van der Waals surface area contributed by atoms with Crippen LogP contribution in [0.1, 0.15) is 10.4 Å². The Morgan fingerprint density at radius 2 is 1.95 bits per heavy atom. The first-order valence-corrected chi connectivity index (χ1v) is 7.09. The molecular weight excluding hydrogens is 374 g/mol. The third-order valence-corrected chi connectivity index (χ3v) is 3.69. The Morgan fingerprint density at radius 1 is 1.16 bits per heavy atom. The quantitative estimate of drug-likeness (QED) is 0.847. The summed E-state index contributed by atoms with van der Waals surface area (Å²) < 4.78 is 6.76. The second-order valence-corrected chi connectivity index (χ2v) is 5.58. The SMILES string of the molecule is COc1ccc(Br)c(C(=O)Nc2cccc(Br)c2)c1. The van der Waals surface area contributed by atoms with E-state index in [1.54, 1.807) is 25.3 Å². The summed E-state index contributed by atoms with van der Waals surface area (Å²) in [5.74, 6) is 0.450. The third-order valence-electron chi connectivity index (χ3n) is 2.50. The van der Waals surface area contributed by atoms with Gasteiger partial charge in [-0.1, -0.05) is 22.0 Å². The molecule has 2 rings (SSSR count). The number of anilines is 1. The summed E-state index contributed by atoms with van der Waals surface area (Å²) in [4.78, 5) is 12.2. The van der Waals surface area contributed by atoms with Gasteiger partial charge in [-0.2, -0.15) is 0 Å². The molecule has 0 radical (unpaired) electrons. The highest BCUT2D eigenvalue weighted by Crippen LogP contribution is 2.24. The number of amides is 1. The van der Waals surface area contributed by atoms with E-state index in [1.165, 1.54) is 0 Å². The van der Waals surface area contributed by atoms with E-state index in [2.05, 4.69) is 37.2 Å². The molecule has 19 heavy (non-hydrogen) atoms. The molecule has 0 atom stereocenters. The van der Waals surface area contributed by atoms with Crippen LogP contribution in [0.4, 0.5) is 5.69 Å². The number of nitrogens with one attached hydrogen (secondary N) is 1. The summed E-state index contributed by atoms with van der Waals surface area (Å²) >= 11 is 6.73. The van der Waals surface area contributed by atoms with Crippen molar-refractivity contribution in [2.24, 2.45) is 0 Å². The van der Waals surface area contributed by atoms with Crippen molar-refractivity contribution in [3.63, 3.8) is 0 Å². The summed E-state index contributed by atoms with van der Waals surface area (Å²) in [6.07, 6.45) is 0. The Hall–Kier alpha value is -1.33. The fourth-order valence-corrected chi connectivity index (χ4v) is 2.40. The number of carbonyl (C=O) groups is 1. The zero-order valence-electron chi connectivity index (χ0n) is 10.1. The van der Waals surface area contributed by atoms with Crippen molar-refractivity contribution in [2.45, 2.75) is 0 Å². The molecule has 0 aliphatic heterocycles. The first kappa shape index (κ1) is 14.1. The molecule has 0 saturated heterocycles. The second-order valence-electron chi connectivity index (χ2n) is 3.81. The van der Waals surface area contributed by atoms with Gasteiger partial charge < -0.3 is 10.1 Å². The summed E-state index contributed by atoms with van der Waals surface area (Å²) in [7, 11) is 1.57. The zero-order chi connectivity index (χ0) is 13.8. The Labute approximate surface area is 128 Å². The normalized spacial score (nSPS) is 10.1. The highest BCUT2D eigenvalue weighted by Gasteiger charge is 2.11. The first-order valence-electron chi connectivity index (χ1n) is 5.50. The van der Waals surface area contributed by atoms with E-state index >= 15 is 0 Å². The van der Waals surface area contributed by atoms with Crippen molar-refractivity contribution in [1.29, 1.82) is 0 Å². The maximum absolute atomic E-state index is 12.2. The van der Waals surface area contributed by atoms with Crippen LogP contribution in [0.15, 0.2) is 51.4 Å². The summed E-state index contributed by atoms with van der Waals surface area (Å²) in [5, 5.41) is 2.84. The Balaban J connectivity index is 2.25. The minimum atomic E-state index is -0.191. The van der Waals surface area contributed by atoms with Crippen LogP contribution >= 0.6 is 31.9 Å². The molecule has 1 amide bonds. The van der Waals surface area contributed by atoms with Crippen LogP contribution in [0.2, 0.25) is 0 Å². The molecule has 0 spiro atoms. The fourth-order valence-electron chi connectivity index (χ4n) is 1.57. The number of benzene rings is 2. The van der Waals surface area contributed by atoms with Gasteiger partial charge in [0.2, 0.25) is 0 Å². The van der Waals surface area contributed by atoms with E-state index in [-0.39, 0.29) is 5.91 Å². The monoisotopic (exact) mass is 383 g/mol. The van der Waals surface area contributed by atoms with Gasteiger partial charge in [0.15, 0.2) is 0 Å². The number of rotatable bonds is 3. The number of carbonyl (C=O) groups excluding carboxylic acids is 1. The van der Waals surface area contributed by atoms with Crippen molar-refractivity contribution >= 4 is 43.5 Å². The highest BCUT2D eigenvalue weighted by atomic mass is 79.9. The molecule has 0 unspecified atom stereocenters. The number of hydrogen-bond acceptors (Lipinski definition) is 2. The topological polar surface area (TPSA) is 38.3 Å². The van der Waals surface area contributed by atoms with Gasteiger partial charge in [-0.25, -0.2) is 0 Å². The lowest BCUT2D eigenvalue weighted by atomic mass is 10.2. The molecule has 2 aromatic carbocycles. The van der Waals surface area contributed by atoms with Gasteiger partial charge in [0.1, 0.15) is 5.75 Å². The number of methoxy groups -OCH3 is 1. The number of hydrogen-bond donors (Lipinski definition) is 1. The molecule has 0 fully saturated rings. The van der Waals surface area contributed by atoms with Gasteiger partial charge in [-0.15, -0.1) is 0 Å². The Morgan fingerprint density at radius 3 is 2.63 bits per heavy atom. The van der Waals surface area contributed by atoms with E-state index in [9.17, 15) is 4.79 Å². The molecule has 2 aromatic rings. The fraction of sp³-hybridized carbons (Fsp3) is 0.0714. The van der Waals surface area contributed by atoms with Crippen molar-refractivity contribution < 1.29 is 9.53 Å². The molecule has 1 N–H and O–H groups in total. The lowest BCUT2D eigenvalue weighted by Gasteiger charge is -2.09. The summed E-state index contributed by atoms with van der Waals surface area (Å²) in [6.45, 7) is 0. The van der Waals surface area contributed by atoms with Crippen LogP contribution in [-0.4, -0.2) is 13.0 Å². The second kappa shape index (κ2) is 6.21. The van der Waals surface area contributed by atoms with E-state index in [0.717, 1.165) is 14.6 Å². The van der Waals surface area contributed by atoms with Gasteiger partial charge in [-0.3, -0.25) is 4.79 Å². The molecule has 3 nitrogen and oxygen atoms in total. The predicted molar refractivity (Wildman–Crippen MR) is 82.8 cm³/mol. The minimum Gasteiger partial charge on any atom is -0.497 e. The summed E-state index contributed by atoms with van der Waals surface area (Å²) in [6, 6.07) is 12.7. The molecule has 0 aliphatic rings. The molecule has 98 valence electrons. The lowest BCUT2D eigenvalue weighted by Crippen LogP contribution is -2.12. The summed E-state index contributed by atoms with van der Waals surface area (Å²) in [5.41, 5.74) is 1.26. The van der Waals surface area contributed by atoms with E-state index < -0.39 is 0 Å². The Kier molecular flexibility index (Phi) is 4.61. The molecule has 0 aromatic heterocycles. The molecule has 0 saturated carbocycles. The van der Waals surface area contributed by atoms with Gasteiger partial charge in [0, 0.05) is 14.6 Å². The van der Waals surface area contributed by atoms with Crippen LogP contribution in [0.25, 0.3) is 0 Å². The Bertz CT molecular complexity index is 614. The molecule has 5 heteroatoms. The van der Waals surface area contributed by atoms with Crippen molar-refractivity contribution in [3.8, 4) is 5.75 Å². The van der Waals surface area contributed by atoms with Gasteiger partial charge in [-0.05, 0) is 52.3 Å². The number of halogens is 2. The van der Waals surface area contributed by atoms with Crippen LogP contribution in [0.3, 0.4) is 0 Å². The highest BCUT2D eigenvalue weighted by molar-refractivity contribution is 9.10. The van der Waals surface area contributed by atoms with Gasteiger partial charge in [0.25, 0.3) is 5.91 Å². The van der Waals surface area contributed by atoms with Crippen molar-refractivity contribution in [3.05, 3.63) is 57.0 Å². The maximum Gasteiger partial charge on any atom is 0.256 e. The van der Waals surface area contributed by atoms with Gasteiger partial charge in [0.05, 0.1) is 12.7 Å². The lowest BCUT2D eigenvalue weighted by molar-refractivity contribution is 0.102. The molecule has 0 bridgehead atoms. The first-order chi connectivity index (χ1) is 9.10. The average molecular weight is 385 g/mol.